The quantitative estimate of drug-likeness (QED) is 0.748. The summed E-state index contributed by atoms with van der Waals surface area (Å²) < 4.78 is 5.14. The van der Waals surface area contributed by atoms with E-state index in [2.05, 4.69) is 13.8 Å². The molecule has 18 heavy (non-hydrogen) atoms. The van der Waals surface area contributed by atoms with E-state index in [0.717, 1.165) is 30.7 Å². The van der Waals surface area contributed by atoms with Crippen LogP contribution in [0, 0.1) is 5.92 Å². The van der Waals surface area contributed by atoms with Gasteiger partial charge in [-0.3, -0.25) is 4.79 Å². The van der Waals surface area contributed by atoms with Crippen LogP contribution in [0.1, 0.15) is 33.1 Å². The molecule has 2 rings (SSSR count). The van der Waals surface area contributed by atoms with Crippen LogP contribution in [0.5, 0.6) is 5.75 Å². The van der Waals surface area contributed by atoms with Gasteiger partial charge in [0.15, 0.2) is 0 Å². The van der Waals surface area contributed by atoms with Crippen LogP contribution >= 0.6 is 0 Å². The topological polar surface area (TPSA) is 29.5 Å². The highest BCUT2D eigenvalue weighted by Gasteiger charge is 2.45. The lowest BCUT2D eigenvalue weighted by molar-refractivity contribution is -0.130. The Morgan fingerprint density at radius 3 is 2.39 bits per heavy atom. The summed E-state index contributed by atoms with van der Waals surface area (Å²) in [7, 11) is 1.65. The molecule has 1 aromatic rings. The molecule has 0 aliphatic carbocycles. The summed E-state index contributed by atoms with van der Waals surface area (Å²) in [4.78, 5) is 14.1. The van der Waals surface area contributed by atoms with Crippen molar-refractivity contribution in [2.45, 2.75) is 39.2 Å². The van der Waals surface area contributed by atoms with Gasteiger partial charge in [-0.05, 0) is 37.1 Å². The van der Waals surface area contributed by atoms with Gasteiger partial charge in [0.05, 0.1) is 13.0 Å². The van der Waals surface area contributed by atoms with E-state index in [1.165, 1.54) is 0 Å². The van der Waals surface area contributed by atoms with Crippen molar-refractivity contribution in [1.29, 1.82) is 0 Å². The van der Waals surface area contributed by atoms with Gasteiger partial charge in [-0.2, -0.15) is 0 Å². The fraction of sp³-hybridized carbons (Fsp3) is 0.533. The second kappa shape index (κ2) is 5.42. The summed E-state index contributed by atoms with van der Waals surface area (Å²) in [5.74, 6) is 1.30. The summed E-state index contributed by atoms with van der Waals surface area (Å²) >= 11 is 0. The van der Waals surface area contributed by atoms with Crippen LogP contribution in [-0.4, -0.2) is 19.1 Å². The first-order valence-corrected chi connectivity index (χ1v) is 6.70. The summed E-state index contributed by atoms with van der Waals surface area (Å²) in [6.45, 7) is 4.26. The van der Waals surface area contributed by atoms with E-state index in [4.69, 9.17) is 4.74 Å². The van der Waals surface area contributed by atoms with Gasteiger partial charge in [-0.15, -0.1) is 0 Å². The van der Waals surface area contributed by atoms with Crippen molar-refractivity contribution < 1.29 is 9.53 Å². The van der Waals surface area contributed by atoms with Gasteiger partial charge in [-0.25, -0.2) is 0 Å². The number of ether oxygens (including phenoxy) is 1. The van der Waals surface area contributed by atoms with E-state index in [1.807, 2.05) is 29.2 Å². The Hall–Kier alpha value is -1.51. The first-order valence-electron chi connectivity index (χ1n) is 6.70. The number of carbonyl (C=O) groups is 1. The average molecular weight is 247 g/mol. The molecular formula is C15H21NO2. The molecule has 1 heterocycles. The normalized spacial score (nSPS) is 22.8. The fourth-order valence-corrected chi connectivity index (χ4v) is 2.74. The fourth-order valence-electron chi connectivity index (χ4n) is 2.74. The highest BCUT2D eigenvalue weighted by molar-refractivity contribution is 6.02. The molecule has 1 aliphatic heterocycles. The third kappa shape index (κ3) is 2.09. The smallest absolute Gasteiger partial charge is 0.232 e. The summed E-state index contributed by atoms with van der Waals surface area (Å²) in [6, 6.07) is 8.12. The van der Waals surface area contributed by atoms with Crippen LogP contribution in [0.15, 0.2) is 24.3 Å². The molecule has 0 radical (unpaired) electrons. The van der Waals surface area contributed by atoms with Crippen LogP contribution in [-0.2, 0) is 4.79 Å². The molecular weight excluding hydrogens is 226 g/mol. The minimum absolute atomic E-state index is 0.215. The molecule has 0 unspecified atom stereocenters. The van der Waals surface area contributed by atoms with Gasteiger partial charge in [0.2, 0.25) is 5.91 Å². The Balaban J connectivity index is 2.17. The number of hydrogen-bond acceptors (Lipinski definition) is 2. The molecule has 1 saturated heterocycles. The zero-order valence-electron chi connectivity index (χ0n) is 11.3. The van der Waals surface area contributed by atoms with Crippen molar-refractivity contribution in [3.05, 3.63) is 24.3 Å². The number of nitrogens with zero attached hydrogens (tertiary/aromatic N) is 1. The molecule has 1 aromatic carbocycles. The highest BCUT2D eigenvalue weighted by atomic mass is 16.5. The number of amides is 1. The first-order chi connectivity index (χ1) is 8.72. The molecule has 0 N–H and O–H groups in total. The third-order valence-electron chi connectivity index (χ3n) is 3.73. The average Bonchev–Trinajstić information content (AvgIpc) is 2.40. The first kappa shape index (κ1) is 12.9. The van der Waals surface area contributed by atoms with E-state index in [1.54, 1.807) is 7.11 Å². The second-order valence-electron chi connectivity index (χ2n) is 4.78. The van der Waals surface area contributed by atoms with Gasteiger partial charge >= 0.3 is 0 Å². The maximum absolute atomic E-state index is 12.1. The van der Waals surface area contributed by atoms with Crippen molar-refractivity contribution in [2.75, 3.05) is 12.0 Å². The number of β-lactam (4-membered cyclic amide) rings is 1. The van der Waals surface area contributed by atoms with Gasteiger partial charge in [-0.1, -0.05) is 20.3 Å². The lowest BCUT2D eigenvalue weighted by Gasteiger charge is -2.47. The van der Waals surface area contributed by atoms with Crippen molar-refractivity contribution in [2.24, 2.45) is 5.92 Å². The number of methoxy groups -OCH3 is 1. The molecule has 98 valence electrons. The molecule has 1 amide bonds. The van der Waals surface area contributed by atoms with Gasteiger partial charge in [0.1, 0.15) is 5.75 Å². The summed E-state index contributed by atoms with van der Waals surface area (Å²) in [5, 5.41) is 0. The third-order valence-corrected chi connectivity index (χ3v) is 3.73. The van der Waals surface area contributed by atoms with Gasteiger partial charge < -0.3 is 9.64 Å². The molecule has 0 aromatic heterocycles. The van der Waals surface area contributed by atoms with Crippen LogP contribution in [0.2, 0.25) is 0 Å². The number of carbonyl (C=O) groups excluding carboxylic acids is 1. The van der Waals surface area contributed by atoms with Crippen molar-refractivity contribution in [1.82, 2.24) is 0 Å². The molecule has 0 bridgehead atoms. The predicted octanol–water partition coefficient (Wildman–Crippen LogP) is 3.24. The Morgan fingerprint density at radius 1 is 1.22 bits per heavy atom. The molecule has 3 nitrogen and oxygen atoms in total. The lowest BCUT2D eigenvalue weighted by atomic mass is 9.82. The summed E-state index contributed by atoms with van der Waals surface area (Å²) in [5.41, 5.74) is 0.990. The minimum Gasteiger partial charge on any atom is -0.497 e. The summed E-state index contributed by atoms with van der Waals surface area (Å²) in [6.07, 6.45) is 3.13. The standard InChI is InChI=1S/C15H21NO2/c1-4-6-14-13(5-2)15(17)16(14)11-7-9-12(18-3)10-8-11/h7-10,13-14H,4-6H2,1-3H3/t13-,14-/m1/s1. The highest BCUT2D eigenvalue weighted by Crippen LogP contribution is 2.37. The van der Waals surface area contributed by atoms with E-state index in [9.17, 15) is 4.79 Å². The molecule has 1 aliphatic rings. The molecule has 0 spiro atoms. The minimum atomic E-state index is 0.215. The second-order valence-corrected chi connectivity index (χ2v) is 4.78. The van der Waals surface area contributed by atoms with E-state index in [-0.39, 0.29) is 11.8 Å². The van der Waals surface area contributed by atoms with Gasteiger partial charge in [0.25, 0.3) is 0 Å². The Kier molecular flexibility index (Phi) is 3.90. The number of anilines is 1. The van der Waals surface area contributed by atoms with Crippen LogP contribution in [0.3, 0.4) is 0 Å². The van der Waals surface area contributed by atoms with Gasteiger partial charge in [0, 0.05) is 11.7 Å². The largest absolute Gasteiger partial charge is 0.497 e. The van der Waals surface area contributed by atoms with Crippen LogP contribution in [0.25, 0.3) is 0 Å². The maximum atomic E-state index is 12.1. The zero-order chi connectivity index (χ0) is 13.1. The molecule has 0 saturated carbocycles. The Bertz CT molecular complexity index is 413. The predicted molar refractivity (Wildman–Crippen MR) is 73.0 cm³/mol. The molecule has 3 heteroatoms. The van der Waals surface area contributed by atoms with Crippen LogP contribution < -0.4 is 9.64 Å². The van der Waals surface area contributed by atoms with Crippen molar-refractivity contribution in [3.63, 3.8) is 0 Å². The lowest BCUT2D eigenvalue weighted by Crippen LogP contribution is -2.61. The van der Waals surface area contributed by atoms with Crippen molar-refractivity contribution in [3.8, 4) is 5.75 Å². The van der Waals surface area contributed by atoms with Crippen LogP contribution in [0.4, 0.5) is 5.69 Å². The number of hydrogen-bond donors (Lipinski definition) is 0. The van der Waals surface area contributed by atoms with E-state index >= 15 is 0 Å². The SMILES string of the molecule is CCC[C@@H]1[C@@H](CC)C(=O)N1c1ccc(OC)cc1. The van der Waals surface area contributed by atoms with E-state index in [0.29, 0.717) is 6.04 Å². The maximum Gasteiger partial charge on any atom is 0.232 e. The Labute approximate surface area is 109 Å². The number of benzene rings is 1. The number of rotatable bonds is 5. The molecule has 1 fully saturated rings. The Morgan fingerprint density at radius 2 is 1.89 bits per heavy atom. The monoisotopic (exact) mass is 247 g/mol. The zero-order valence-corrected chi connectivity index (χ0v) is 11.3. The van der Waals surface area contributed by atoms with Crippen molar-refractivity contribution >= 4 is 11.6 Å². The van der Waals surface area contributed by atoms with E-state index < -0.39 is 0 Å². The molecule has 2 atom stereocenters.